The summed E-state index contributed by atoms with van der Waals surface area (Å²) in [5.74, 6) is 0. The van der Waals surface area contributed by atoms with Gasteiger partial charge in [-0.1, -0.05) is 36.4 Å². The average molecular weight is 430 g/mol. The maximum atomic E-state index is 12.6. The molecule has 4 aromatic carbocycles. The van der Waals surface area contributed by atoms with Crippen molar-refractivity contribution in [1.29, 1.82) is 0 Å². The molecule has 156 valence electrons. The Labute approximate surface area is 182 Å². The van der Waals surface area contributed by atoms with Crippen molar-refractivity contribution in [1.82, 2.24) is 0 Å². The molecule has 5 nitrogen and oxygen atoms in total. The molecule has 0 saturated heterocycles. The summed E-state index contributed by atoms with van der Waals surface area (Å²) in [5, 5.41) is 6.67. The zero-order valence-electron chi connectivity index (χ0n) is 17.0. The van der Waals surface area contributed by atoms with E-state index < -0.39 is 10.0 Å². The van der Waals surface area contributed by atoms with Crippen LogP contribution in [0.3, 0.4) is 0 Å². The zero-order chi connectivity index (χ0) is 21.7. The highest BCUT2D eigenvalue weighted by Gasteiger charge is 2.16. The zero-order valence-corrected chi connectivity index (χ0v) is 17.9. The van der Waals surface area contributed by atoms with E-state index in [9.17, 15) is 8.42 Å². The van der Waals surface area contributed by atoms with E-state index in [4.69, 9.17) is 0 Å². The molecule has 4 rings (SSSR count). The van der Waals surface area contributed by atoms with E-state index in [1.54, 1.807) is 37.3 Å². The van der Waals surface area contributed by atoms with Crippen LogP contribution < -0.4 is 15.4 Å². The highest BCUT2D eigenvalue weighted by atomic mass is 32.2. The quantitative estimate of drug-likeness (QED) is 0.323. The Bertz CT molecular complexity index is 1250. The van der Waals surface area contributed by atoms with Crippen molar-refractivity contribution in [3.63, 3.8) is 0 Å². The summed E-state index contributed by atoms with van der Waals surface area (Å²) in [6, 6.07) is 32.0. The van der Waals surface area contributed by atoms with E-state index in [1.807, 2.05) is 72.8 Å². The molecule has 3 N–H and O–H groups in total. The number of para-hydroxylation sites is 1. The normalized spacial score (nSPS) is 11.0. The van der Waals surface area contributed by atoms with Crippen molar-refractivity contribution in [3.05, 3.63) is 109 Å². The first-order valence-electron chi connectivity index (χ1n) is 9.87. The number of rotatable bonds is 7. The van der Waals surface area contributed by atoms with Crippen LogP contribution in [-0.4, -0.2) is 8.42 Å². The second-order valence-electron chi connectivity index (χ2n) is 7.14. The molecule has 6 heteroatoms. The monoisotopic (exact) mass is 429 g/mol. The van der Waals surface area contributed by atoms with Gasteiger partial charge in [0.2, 0.25) is 0 Å². The van der Waals surface area contributed by atoms with Gasteiger partial charge < -0.3 is 10.6 Å². The first-order chi connectivity index (χ1) is 15.0. The predicted molar refractivity (Wildman–Crippen MR) is 128 cm³/mol. The second-order valence-corrected chi connectivity index (χ2v) is 8.79. The van der Waals surface area contributed by atoms with Crippen molar-refractivity contribution < 1.29 is 8.42 Å². The van der Waals surface area contributed by atoms with Crippen LogP contribution in [-0.2, 0) is 10.0 Å². The van der Waals surface area contributed by atoms with Gasteiger partial charge in [0, 0.05) is 28.4 Å². The Morgan fingerprint density at radius 3 is 1.45 bits per heavy atom. The maximum Gasteiger partial charge on any atom is 0.262 e. The molecule has 0 aliphatic heterocycles. The van der Waals surface area contributed by atoms with Crippen molar-refractivity contribution in [3.8, 4) is 0 Å². The first kappa shape index (κ1) is 20.5. The molecule has 0 atom stereocenters. The van der Waals surface area contributed by atoms with Crippen LogP contribution in [0.2, 0.25) is 0 Å². The van der Waals surface area contributed by atoms with Crippen LogP contribution in [0.5, 0.6) is 0 Å². The van der Waals surface area contributed by atoms with Crippen LogP contribution in [0.15, 0.2) is 108 Å². The van der Waals surface area contributed by atoms with E-state index >= 15 is 0 Å². The Kier molecular flexibility index (Phi) is 5.91. The Balaban J connectivity index is 1.40. The lowest BCUT2D eigenvalue weighted by Crippen LogP contribution is -2.14. The number of benzene rings is 4. The van der Waals surface area contributed by atoms with Crippen LogP contribution in [0, 0.1) is 6.92 Å². The van der Waals surface area contributed by atoms with Crippen molar-refractivity contribution in [2.75, 3.05) is 15.4 Å². The van der Waals surface area contributed by atoms with Gasteiger partial charge in [-0.3, -0.25) is 4.72 Å². The standard InChI is InChI=1S/C25H23N3O2S/c1-19-7-5-6-10-25(19)31(29,30)28-24-17-15-23(16-18-24)27-22-13-11-21(12-14-22)26-20-8-3-2-4-9-20/h2-18,26-28H,1H3. The summed E-state index contributed by atoms with van der Waals surface area (Å²) in [5.41, 5.74) is 5.05. The molecule has 0 unspecified atom stereocenters. The first-order valence-corrected chi connectivity index (χ1v) is 11.4. The fourth-order valence-electron chi connectivity index (χ4n) is 3.18. The summed E-state index contributed by atoms with van der Waals surface area (Å²) in [6.45, 7) is 1.78. The van der Waals surface area contributed by atoms with E-state index in [0.29, 0.717) is 11.3 Å². The maximum absolute atomic E-state index is 12.6. The van der Waals surface area contributed by atoms with E-state index in [-0.39, 0.29) is 4.90 Å². The van der Waals surface area contributed by atoms with Gasteiger partial charge in [0.1, 0.15) is 0 Å². The number of aryl methyl sites for hydroxylation is 1. The van der Waals surface area contributed by atoms with Gasteiger partial charge in [-0.2, -0.15) is 0 Å². The molecule has 0 saturated carbocycles. The number of nitrogens with one attached hydrogen (secondary N) is 3. The third-order valence-electron chi connectivity index (χ3n) is 4.76. The number of sulfonamides is 1. The topological polar surface area (TPSA) is 70.2 Å². The second kappa shape index (κ2) is 8.93. The molecule has 0 aliphatic carbocycles. The molecule has 0 amide bonds. The van der Waals surface area contributed by atoms with E-state index in [1.165, 1.54) is 0 Å². The van der Waals surface area contributed by atoms with Gasteiger partial charge in [-0.25, -0.2) is 8.42 Å². The molecule has 0 spiro atoms. The van der Waals surface area contributed by atoms with E-state index in [0.717, 1.165) is 22.7 Å². The summed E-state index contributed by atoms with van der Waals surface area (Å²) >= 11 is 0. The Morgan fingerprint density at radius 2 is 0.935 bits per heavy atom. The van der Waals surface area contributed by atoms with Gasteiger partial charge in [0.25, 0.3) is 10.0 Å². The summed E-state index contributed by atoms with van der Waals surface area (Å²) in [4.78, 5) is 0.279. The molecular weight excluding hydrogens is 406 g/mol. The number of hydrogen-bond acceptors (Lipinski definition) is 4. The van der Waals surface area contributed by atoms with Gasteiger partial charge in [0.05, 0.1) is 4.90 Å². The smallest absolute Gasteiger partial charge is 0.262 e. The van der Waals surface area contributed by atoms with Gasteiger partial charge >= 0.3 is 0 Å². The molecule has 31 heavy (non-hydrogen) atoms. The van der Waals surface area contributed by atoms with Gasteiger partial charge in [0.15, 0.2) is 0 Å². The lowest BCUT2D eigenvalue weighted by molar-refractivity contribution is 0.600. The third kappa shape index (κ3) is 5.24. The molecule has 0 bridgehead atoms. The van der Waals surface area contributed by atoms with Gasteiger partial charge in [-0.15, -0.1) is 0 Å². The fourth-order valence-corrected chi connectivity index (χ4v) is 4.49. The lowest BCUT2D eigenvalue weighted by atomic mass is 10.2. The molecule has 0 heterocycles. The minimum Gasteiger partial charge on any atom is -0.356 e. The van der Waals surface area contributed by atoms with E-state index in [2.05, 4.69) is 15.4 Å². The molecule has 4 aromatic rings. The third-order valence-corrected chi connectivity index (χ3v) is 6.30. The van der Waals surface area contributed by atoms with Crippen molar-refractivity contribution >= 4 is 38.5 Å². The van der Waals surface area contributed by atoms with Crippen LogP contribution in [0.1, 0.15) is 5.56 Å². The number of anilines is 5. The summed E-state index contributed by atoms with van der Waals surface area (Å²) in [7, 11) is -3.62. The minimum atomic E-state index is -3.62. The van der Waals surface area contributed by atoms with Crippen LogP contribution >= 0.6 is 0 Å². The molecule has 0 radical (unpaired) electrons. The van der Waals surface area contributed by atoms with Crippen LogP contribution in [0.25, 0.3) is 0 Å². The lowest BCUT2D eigenvalue weighted by Gasteiger charge is -2.12. The predicted octanol–water partition coefficient (Wildman–Crippen LogP) is 6.28. The Hall–Kier alpha value is -3.77. The molecule has 0 fully saturated rings. The van der Waals surface area contributed by atoms with Crippen LogP contribution in [0.4, 0.5) is 28.4 Å². The molecule has 0 aromatic heterocycles. The SMILES string of the molecule is Cc1ccccc1S(=O)(=O)Nc1ccc(Nc2ccc(Nc3ccccc3)cc2)cc1. The number of hydrogen-bond donors (Lipinski definition) is 3. The highest BCUT2D eigenvalue weighted by Crippen LogP contribution is 2.24. The summed E-state index contributed by atoms with van der Waals surface area (Å²) < 4.78 is 27.9. The average Bonchev–Trinajstić information content (AvgIpc) is 2.77. The van der Waals surface area contributed by atoms with Gasteiger partial charge in [-0.05, 0) is 79.2 Å². The highest BCUT2D eigenvalue weighted by molar-refractivity contribution is 7.92. The summed E-state index contributed by atoms with van der Waals surface area (Å²) in [6.07, 6.45) is 0. The minimum absolute atomic E-state index is 0.279. The molecule has 0 aliphatic rings. The largest absolute Gasteiger partial charge is 0.356 e. The fraction of sp³-hybridized carbons (Fsp3) is 0.0400. The molecular formula is C25H23N3O2S. The van der Waals surface area contributed by atoms with Crippen molar-refractivity contribution in [2.24, 2.45) is 0 Å². The van der Waals surface area contributed by atoms with Crippen molar-refractivity contribution in [2.45, 2.75) is 11.8 Å². The Morgan fingerprint density at radius 1 is 0.516 bits per heavy atom.